The first-order valence-electron chi connectivity index (χ1n) is 12.3. The Kier molecular flexibility index (Phi) is 9.51. The van der Waals surface area contributed by atoms with E-state index in [4.69, 9.17) is 9.47 Å². The molecule has 1 aliphatic rings. The van der Waals surface area contributed by atoms with Gasteiger partial charge in [-0.05, 0) is 56.9 Å². The van der Waals surface area contributed by atoms with Crippen LogP contribution in [0.25, 0.3) is 0 Å². The van der Waals surface area contributed by atoms with Crippen LogP contribution in [0, 0.1) is 11.2 Å². The van der Waals surface area contributed by atoms with Gasteiger partial charge < -0.3 is 25.2 Å². The minimum absolute atomic E-state index is 0.0967. The van der Waals surface area contributed by atoms with Crippen LogP contribution in [0.3, 0.4) is 0 Å². The highest BCUT2D eigenvalue weighted by Crippen LogP contribution is 2.38. The van der Waals surface area contributed by atoms with E-state index < -0.39 is 55.4 Å². The summed E-state index contributed by atoms with van der Waals surface area (Å²) in [7, 11) is -4.38. The molecule has 0 bridgehead atoms. The van der Waals surface area contributed by atoms with Gasteiger partial charge in [0.15, 0.2) is 11.6 Å². The molecular formula is C26H28F4N2O8S. The smallest absolute Gasteiger partial charge is 0.496 e. The number of aliphatic carboxylic acids is 1. The van der Waals surface area contributed by atoms with E-state index in [1.54, 1.807) is 6.92 Å². The summed E-state index contributed by atoms with van der Waals surface area (Å²) in [5.74, 6) is -3.51. The predicted octanol–water partition coefficient (Wildman–Crippen LogP) is 4.30. The molecule has 15 heteroatoms. The molecule has 0 unspecified atom stereocenters. The number of methoxy groups -OCH3 is 1. The second-order valence-electron chi connectivity index (χ2n) is 9.70. The van der Waals surface area contributed by atoms with Gasteiger partial charge in [0.1, 0.15) is 5.75 Å². The number of carbonyl (C=O) groups is 3. The van der Waals surface area contributed by atoms with Crippen molar-refractivity contribution < 1.29 is 54.9 Å². The number of carbonyl (C=O) groups excluding carboxylic acids is 2. The Hall–Kier alpha value is -3.88. The first-order chi connectivity index (χ1) is 19.1. The maximum atomic E-state index is 14.7. The molecule has 1 aliphatic carbocycles. The number of hydrogen-bond donors (Lipinski definition) is 3. The van der Waals surface area contributed by atoms with Gasteiger partial charge in [-0.1, -0.05) is 6.07 Å². The molecule has 0 aromatic heterocycles. The lowest BCUT2D eigenvalue weighted by Gasteiger charge is -2.34. The third kappa shape index (κ3) is 7.45. The van der Waals surface area contributed by atoms with Crippen molar-refractivity contribution in [2.45, 2.75) is 55.5 Å². The van der Waals surface area contributed by atoms with E-state index in [0.29, 0.717) is 31.7 Å². The molecular weight excluding hydrogens is 576 g/mol. The number of alkyl halides is 3. The second-order valence-corrected chi connectivity index (χ2v) is 11.6. The summed E-state index contributed by atoms with van der Waals surface area (Å²) < 4.78 is 87.0. The largest absolute Gasteiger partial charge is 0.501 e. The minimum atomic E-state index is -5.61. The zero-order valence-corrected chi connectivity index (χ0v) is 22.8. The van der Waals surface area contributed by atoms with Crippen molar-refractivity contribution in [1.82, 2.24) is 5.32 Å². The highest BCUT2D eigenvalue weighted by molar-refractivity contribution is 7.92. The fourth-order valence-corrected chi connectivity index (χ4v) is 5.00. The monoisotopic (exact) mass is 604 g/mol. The molecule has 3 N–H and O–H groups in total. The van der Waals surface area contributed by atoms with Crippen molar-refractivity contribution in [3.05, 3.63) is 47.8 Å². The van der Waals surface area contributed by atoms with Crippen molar-refractivity contribution in [1.29, 1.82) is 0 Å². The average molecular weight is 605 g/mol. The molecule has 224 valence electrons. The summed E-state index contributed by atoms with van der Waals surface area (Å²) in [4.78, 5) is 35.4. The summed E-state index contributed by atoms with van der Waals surface area (Å²) in [6, 6.07) is 5.75. The molecule has 0 saturated heterocycles. The predicted molar refractivity (Wildman–Crippen MR) is 137 cm³/mol. The summed E-state index contributed by atoms with van der Waals surface area (Å²) in [5.41, 5.74) is -6.69. The van der Waals surface area contributed by atoms with Crippen molar-refractivity contribution in [2.75, 3.05) is 19.0 Å². The van der Waals surface area contributed by atoms with E-state index >= 15 is 0 Å². The molecule has 2 aromatic rings. The number of anilines is 1. The molecule has 2 aromatic carbocycles. The number of rotatable bonds is 10. The van der Waals surface area contributed by atoms with Crippen molar-refractivity contribution in [3.63, 3.8) is 0 Å². The van der Waals surface area contributed by atoms with Gasteiger partial charge in [0.2, 0.25) is 5.91 Å². The number of halogens is 4. The molecule has 0 atom stereocenters. The molecule has 1 fully saturated rings. The number of benzene rings is 2. The third-order valence-electron chi connectivity index (χ3n) is 6.72. The first kappa shape index (κ1) is 31.6. The van der Waals surface area contributed by atoms with Crippen LogP contribution in [-0.2, 0) is 19.4 Å². The molecule has 0 heterocycles. The Labute approximate surface area is 232 Å². The fourth-order valence-electron chi connectivity index (χ4n) is 4.19. The molecule has 1 saturated carbocycles. The van der Waals surface area contributed by atoms with Gasteiger partial charge in [-0.15, -0.1) is 0 Å². The van der Waals surface area contributed by atoms with Crippen LogP contribution in [0.5, 0.6) is 11.5 Å². The number of carboxylic acids is 1. The van der Waals surface area contributed by atoms with E-state index in [1.165, 1.54) is 13.2 Å². The maximum Gasteiger partial charge on any atom is 0.501 e. The Bertz CT molecular complexity index is 1420. The van der Waals surface area contributed by atoms with Crippen LogP contribution in [0.4, 0.5) is 23.2 Å². The molecule has 41 heavy (non-hydrogen) atoms. The van der Waals surface area contributed by atoms with Gasteiger partial charge in [-0.2, -0.15) is 13.2 Å². The molecule has 10 nitrogen and oxygen atoms in total. The number of amides is 2. The van der Waals surface area contributed by atoms with Crippen LogP contribution in [0.1, 0.15) is 49.4 Å². The lowest BCUT2D eigenvalue weighted by atomic mass is 9.75. The quantitative estimate of drug-likeness (QED) is 0.340. The maximum absolute atomic E-state index is 14.7. The fraction of sp³-hybridized carbons (Fsp3) is 0.423. The van der Waals surface area contributed by atoms with E-state index in [9.17, 15) is 45.5 Å². The van der Waals surface area contributed by atoms with Crippen LogP contribution >= 0.6 is 0 Å². The number of carboxylic acid groups (broad SMARTS) is 1. The van der Waals surface area contributed by atoms with Crippen LogP contribution in [0.15, 0.2) is 41.3 Å². The Balaban J connectivity index is 1.61. The van der Waals surface area contributed by atoms with Gasteiger partial charge in [-0.3, -0.25) is 14.4 Å². The number of hydrogen-bond acceptors (Lipinski definition) is 7. The lowest BCUT2D eigenvalue weighted by molar-refractivity contribution is -0.150. The Morgan fingerprint density at radius 1 is 1.10 bits per heavy atom. The van der Waals surface area contributed by atoms with Gasteiger partial charge in [-0.25, -0.2) is 12.8 Å². The van der Waals surface area contributed by atoms with E-state index in [-0.39, 0.29) is 35.7 Å². The average Bonchev–Trinajstić information content (AvgIpc) is 2.90. The van der Waals surface area contributed by atoms with Crippen LogP contribution in [0.2, 0.25) is 0 Å². The van der Waals surface area contributed by atoms with Crippen LogP contribution in [-0.4, -0.2) is 56.6 Å². The number of sulfone groups is 1. The third-order valence-corrected chi connectivity index (χ3v) is 8.20. The molecule has 0 spiro atoms. The highest BCUT2D eigenvalue weighted by Gasteiger charge is 2.47. The number of nitrogens with one attached hydrogen (secondary N) is 2. The van der Waals surface area contributed by atoms with Crippen LogP contribution < -0.4 is 20.1 Å². The lowest BCUT2D eigenvalue weighted by Crippen LogP contribution is -2.36. The zero-order chi connectivity index (χ0) is 30.6. The topological polar surface area (TPSA) is 148 Å². The summed E-state index contributed by atoms with van der Waals surface area (Å²) >= 11 is 0. The van der Waals surface area contributed by atoms with Gasteiger partial charge in [0.05, 0.1) is 29.1 Å². The van der Waals surface area contributed by atoms with Gasteiger partial charge >= 0.3 is 11.5 Å². The van der Waals surface area contributed by atoms with Gasteiger partial charge in [0.25, 0.3) is 15.7 Å². The van der Waals surface area contributed by atoms with Crippen molar-refractivity contribution >= 4 is 33.3 Å². The molecule has 2 amide bonds. The number of ether oxygens (including phenoxy) is 2. The summed E-state index contributed by atoms with van der Waals surface area (Å²) in [5, 5.41) is 14.1. The first-order valence-corrected chi connectivity index (χ1v) is 13.8. The molecule has 0 radical (unpaired) electrons. The van der Waals surface area contributed by atoms with E-state index in [0.717, 1.165) is 24.3 Å². The zero-order valence-electron chi connectivity index (χ0n) is 22.0. The van der Waals surface area contributed by atoms with E-state index in [1.807, 2.05) is 0 Å². The standard InChI is InChI=1S/C26H28F4N2O8S/c1-25(24(35)36)9-6-16(7-10-25)40-21-13-18(20(39-2)14-19(21)27)23(34)31-11-8-22(33)32-15-4-3-5-17(12-15)41(37,38)26(28,29)30/h3-5,12-14,16H,6-11H2,1-2H3,(H,31,34)(H,32,33)(H,35,36)/t16-,25+. The minimum Gasteiger partial charge on any atom is -0.496 e. The van der Waals surface area contributed by atoms with Crippen molar-refractivity contribution in [3.8, 4) is 11.5 Å². The SMILES string of the molecule is COc1cc(F)c(O[C@H]2CC[C@@](C)(C(=O)O)CC2)cc1C(=O)NCCC(=O)Nc1cccc(S(=O)(=O)C(F)(F)F)c1. The van der Waals surface area contributed by atoms with Crippen molar-refractivity contribution in [2.24, 2.45) is 5.41 Å². The highest BCUT2D eigenvalue weighted by atomic mass is 32.2. The Morgan fingerprint density at radius 2 is 1.76 bits per heavy atom. The molecule has 0 aliphatic heterocycles. The van der Waals surface area contributed by atoms with Gasteiger partial charge in [0, 0.05) is 24.7 Å². The van der Waals surface area contributed by atoms with E-state index in [2.05, 4.69) is 10.6 Å². The summed E-state index contributed by atoms with van der Waals surface area (Å²) in [6.45, 7) is 1.40. The second kappa shape index (κ2) is 12.3. The summed E-state index contributed by atoms with van der Waals surface area (Å²) in [6.07, 6.45) is 0.616. The molecule has 3 rings (SSSR count). The Morgan fingerprint density at radius 3 is 2.34 bits per heavy atom. The normalized spacial score (nSPS) is 19.2.